The van der Waals surface area contributed by atoms with Gasteiger partial charge in [-0.3, -0.25) is 4.79 Å². The lowest BCUT2D eigenvalue weighted by Gasteiger charge is -2.30. The first-order chi connectivity index (χ1) is 20.5. The van der Waals surface area contributed by atoms with Gasteiger partial charge in [0.2, 0.25) is 17.6 Å². The molecule has 10 nitrogen and oxygen atoms in total. The maximum absolute atomic E-state index is 13.4. The molecule has 6 rings (SSSR count). The number of anilines is 1. The largest absolute Gasteiger partial charge is 0.451 e. The highest BCUT2D eigenvalue weighted by atomic mass is 32.2. The second-order valence-corrected chi connectivity index (χ2v) is 13.7. The van der Waals surface area contributed by atoms with Crippen LogP contribution in [0.5, 0.6) is 0 Å². The molecule has 0 radical (unpaired) electrons. The Labute approximate surface area is 246 Å². The maximum atomic E-state index is 13.4. The van der Waals surface area contributed by atoms with E-state index in [1.54, 1.807) is 0 Å². The van der Waals surface area contributed by atoms with Gasteiger partial charge in [0, 0.05) is 48.6 Å². The van der Waals surface area contributed by atoms with Crippen LogP contribution >= 0.6 is 0 Å². The molecule has 3 heterocycles. The summed E-state index contributed by atoms with van der Waals surface area (Å²) in [5, 5.41) is 12.4. The van der Waals surface area contributed by atoms with Crippen molar-refractivity contribution in [1.82, 2.24) is 20.3 Å². The fourth-order valence-corrected chi connectivity index (χ4v) is 6.98. The van der Waals surface area contributed by atoms with E-state index in [0.29, 0.717) is 55.8 Å². The summed E-state index contributed by atoms with van der Waals surface area (Å²) in [7, 11) is -3.04. The maximum Gasteiger partial charge on any atom is 0.451 e. The van der Waals surface area contributed by atoms with Gasteiger partial charge in [-0.05, 0) is 37.8 Å². The summed E-state index contributed by atoms with van der Waals surface area (Å²) in [6, 6.07) is 9.58. The van der Waals surface area contributed by atoms with Crippen LogP contribution in [0.3, 0.4) is 0 Å². The molecule has 1 aromatic carbocycles. The average molecular weight is 615 g/mol. The molecule has 2 aromatic heterocycles. The van der Waals surface area contributed by atoms with Gasteiger partial charge < -0.3 is 14.6 Å². The van der Waals surface area contributed by atoms with Crippen molar-refractivity contribution in [1.29, 1.82) is 5.26 Å². The van der Waals surface area contributed by atoms with Gasteiger partial charge >= 0.3 is 6.18 Å². The van der Waals surface area contributed by atoms with Crippen LogP contribution in [0.25, 0.3) is 22.7 Å². The van der Waals surface area contributed by atoms with Gasteiger partial charge in [0.15, 0.2) is 9.84 Å². The van der Waals surface area contributed by atoms with E-state index in [9.17, 15) is 31.6 Å². The van der Waals surface area contributed by atoms with Crippen molar-refractivity contribution in [2.45, 2.75) is 56.2 Å². The Kier molecular flexibility index (Phi) is 7.40. The van der Waals surface area contributed by atoms with E-state index in [-0.39, 0.29) is 34.8 Å². The number of carbonyl (C=O) groups is 1. The first-order valence-corrected chi connectivity index (χ1v) is 16.0. The van der Waals surface area contributed by atoms with Gasteiger partial charge in [-0.25, -0.2) is 23.4 Å². The summed E-state index contributed by atoms with van der Waals surface area (Å²) in [5.74, 6) is -1.71. The molecule has 3 aromatic rings. The van der Waals surface area contributed by atoms with Gasteiger partial charge in [0.1, 0.15) is 17.0 Å². The Morgan fingerprint density at radius 2 is 1.70 bits per heavy atom. The number of rotatable bonds is 6. The summed E-state index contributed by atoms with van der Waals surface area (Å²) in [6.45, 7) is 0.774. The number of hydrogen-bond acceptors (Lipinski definition) is 9. The zero-order valence-corrected chi connectivity index (χ0v) is 23.9. The topological polar surface area (TPSA) is 142 Å². The van der Waals surface area contributed by atoms with Crippen molar-refractivity contribution in [2.75, 3.05) is 29.5 Å². The average Bonchev–Trinajstić information content (AvgIpc) is 3.63. The number of alkyl halides is 3. The molecule has 0 bridgehead atoms. The number of benzene rings is 1. The molecule has 2 aliphatic carbocycles. The van der Waals surface area contributed by atoms with E-state index in [4.69, 9.17) is 4.42 Å². The number of sulfone groups is 1. The Morgan fingerprint density at radius 1 is 1.05 bits per heavy atom. The normalized spacial score (nSPS) is 22.9. The third-order valence-electron chi connectivity index (χ3n) is 8.42. The van der Waals surface area contributed by atoms with Crippen molar-refractivity contribution in [2.24, 2.45) is 5.92 Å². The van der Waals surface area contributed by atoms with Gasteiger partial charge in [0.05, 0.1) is 23.1 Å². The number of nitrogens with zero attached hydrogens (tertiary/aromatic N) is 5. The molecule has 1 amide bonds. The van der Waals surface area contributed by atoms with Gasteiger partial charge in [0.25, 0.3) is 0 Å². The molecule has 0 spiro atoms. The minimum atomic E-state index is -4.70. The second-order valence-electron chi connectivity index (χ2n) is 11.4. The van der Waals surface area contributed by atoms with Crippen LogP contribution in [0.2, 0.25) is 0 Å². The van der Waals surface area contributed by atoms with E-state index in [0.717, 1.165) is 30.9 Å². The van der Waals surface area contributed by atoms with E-state index >= 15 is 0 Å². The smallest absolute Gasteiger partial charge is 0.440 e. The summed E-state index contributed by atoms with van der Waals surface area (Å²) in [5.41, 5.74) is 1.31. The minimum Gasteiger partial charge on any atom is -0.440 e. The van der Waals surface area contributed by atoms with Crippen LogP contribution in [0, 0.1) is 17.2 Å². The standard InChI is InChI=1S/C29H29F3N6O4S/c30-29(31,32)27-34-15-19(16-35-27)26-36-23(18-5-7-20(8-6-18)38-11-13-43(40,41)14-12-38)24(42-26)21-3-1-2-4-22(21)25(39)37-28(17-33)9-10-28/h5-8,15-16,21-22H,1-4,9-14H2,(H,37,39)/t21-,22-/m1/s1. The Morgan fingerprint density at radius 3 is 2.30 bits per heavy atom. The predicted molar refractivity (Wildman–Crippen MR) is 149 cm³/mol. The number of nitriles is 1. The van der Waals surface area contributed by atoms with Crippen LogP contribution in [-0.2, 0) is 20.8 Å². The molecule has 1 N–H and O–H groups in total. The number of aromatic nitrogens is 3. The monoisotopic (exact) mass is 614 g/mol. The molecule has 1 aliphatic heterocycles. The summed E-state index contributed by atoms with van der Waals surface area (Å²) in [6.07, 6.45) is 1.43. The fraction of sp³-hybridized carbons (Fsp3) is 0.483. The Hall–Kier alpha value is -3.99. The van der Waals surface area contributed by atoms with E-state index in [1.807, 2.05) is 29.2 Å². The van der Waals surface area contributed by atoms with E-state index in [2.05, 4.69) is 26.3 Å². The molecule has 1 saturated heterocycles. The zero-order chi connectivity index (χ0) is 30.4. The van der Waals surface area contributed by atoms with Gasteiger partial charge in [-0.1, -0.05) is 25.0 Å². The quantitative estimate of drug-likeness (QED) is 0.425. The lowest BCUT2D eigenvalue weighted by Crippen LogP contribution is -2.42. The molecule has 3 fully saturated rings. The molecule has 2 saturated carbocycles. The molecule has 3 aliphatic rings. The number of hydrogen-bond donors (Lipinski definition) is 1. The van der Waals surface area contributed by atoms with Crippen LogP contribution in [0.15, 0.2) is 41.1 Å². The lowest BCUT2D eigenvalue weighted by atomic mass is 9.76. The number of oxazole rings is 1. The molecule has 2 atom stereocenters. The SMILES string of the molecule is N#CC1(NC(=O)[C@@H]2CCCC[C@H]2c2oc(-c3cnc(C(F)(F)F)nc3)nc2-c2ccc(N3CCS(=O)(=O)CC3)cc2)CC1. The Bertz CT molecular complexity index is 1650. The van der Waals surface area contributed by atoms with Crippen molar-refractivity contribution < 1.29 is 30.8 Å². The van der Waals surface area contributed by atoms with Crippen molar-refractivity contribution in [3.05, 3.63) is 48.2 Å². The zero-order valence-electron chi connectivity index (χ0n) is 23.1. The lowest BCUT2D eigenvalue weighted by molar-refractivity contribution is -0.145. The third kappa shape index (κ3) is 6.08. The second kappa shape index (κ2) is 10.9. The highest BCUT2D eigenvalue weighted by Crippen LogP contribution is 2.45. The van der Waals surface area contributed by atoms with Crippen molar-refractivity contribution in [3.63, 3.8) is 0 Å². The predicted octanol–water partition coefficient (Wildman–Crippen LogP) is 4.50. The fourth-order valence-electron chi connectivity index (χ4n) is 5.78. The van der Waals surface area contributed by atoms with E-state index in [1.165, 1.54) is 0 Å². The number of nitrogens with one attached hydrogen (secondary N) is 1. The summed E-state index contributed by atoms with van der Waals surface area (Å²) >= 11 is 0. The Balaban J connectivity index is 1.35. The van der Waals surface area contributed by atoms with Crippen LogP contribution < -0.4 is 10.2 Å². The third-order valence-corrected chi connectivity index (χ3v) is 10.0. The highest BCUT2D eigenvalue weighted by Gasteiger charge is 2.47. The highest BCUT2D eigenvalue weighted by molar-refractivity contribution is 7.91. The molecule has 43 heavy (non-hydrogen) atoms. The van der Waals surface area contributed by atoms with Crippen LogP contribution in [0.4, 0.5) is 18.9 Å². The van der Waals surface area contributed by atoms with Crippen LogP contribution in [0.1, 0.15) is 56.0 Å². The molecule has 0 unspecified atom stereocenters. The first kappa shape index (κ1) is 29.1. The minimum absolute atomic E-state index is 0.0319. The van der Waals surface area contributed by atoms with Crippen molar-refractivity contribution >= 4 is 21.4 Å². The van der Waals surface area contributed by atoms with Crippen LogP contribution in [-0.4, -0.2) is 59.4 Å². The summed E-state index contributed by atoms with van der Waals surface area (Å²) in [4.78, 5) is 27.0. The number of halogens is 3. The first-order valence-electron chi connectivity index (χ1n) is 14.2. The van der Waals surface area contributed by atoms with E-state index < -0.39 is 33.3 Å². The summed E-state index contributed by atoms with van der Waals surface area (Å²) < 4.78 is 69.2. The van der Waals surface area contributed by atoms with Crippen molar-refractivity contribution in [3.8, 4) is 28.8 Å². The number of carbonyl (C=O) groups excluding carboxylic acids is 1. The molecule has 14 heteroatoms. The molecular weight excluding hydrogens is 585 g/mol. The molecule has 226 valence electrons. The van der Waals surface area contributed by atoms with Gasteiger partial charge in [-0.2, -0.15) is 18.4 Å². The molecular formula is C29H29F3N6O4S. The number of amides is 1. The van der Waals surface area contributed by atoms with Gasteiger partial charge in [-0.15, -0.1) is 0 Å².